The number of Topliss-reactive ketones (excluding diaryl/α,β-unsaturated/α-hetero) is 1. The van der Waals surface area contributed by atoms with Crippen LogP contribution in [-0.2, 0) is 9.59 Å². The maximum absolute atomic E-state index is 13.2. The van der Waals surface area contributed by atoms with Gasteiger partial charge in [0.05, 0.1) is 23.7 Å². The van der Waals surface area contributed by atoms with Crippen molar-refractivity contribution in [3.8, 4) is 11.5 Å². The number of hydrogen-bond acceptors (Lipinski definition) is 5. The van der Waals surface area contributed by atoms with E-state index in [-0.39, 0.29) is 38.4 Å². The molecule has 3 aromatic carbocycles. The standard InChI is InChI=1S/C24H16Cl3NO5/c1-33-19-8-13(4-7-18(19)27)22(30)20-21(12-2-5-17(29)6-3-12)28(24(32)23(20)31)16-10-14(25)9-15(26)11-16/h2-11,21,29-30H,1H3/b22-20+. The van der Waals surface area contributed by atoms with Gasteiger partial charge in [-0.2, -0.15) is 0 Å². The van der Waals surface area contributed by atoms with E-state index in [1.165, 1.54) is 60.5 Å². The number of aromatic hydroxyl groups is 1. The van der Waals surface area contributed by atoms with Gasteiger partial charge < -0.3 is 14.9 Å². The minimum atomic E-state index is -1.01. The quantitative estimate of drug-likeness (QED) is 0.259. The molecule has 0 aliphatic carbocycles. The molecule has 1 fully saturated rings. The van der Waals surface area contributed by atoms with E-state index in [0.717, 1.165) is 0 Å². The van der Waals surface area contributed by atoms with Crippen LogP contribution in [0.25, 0.3) is 5.76 Å². The van der Waals surface area contributed by atoms with Gasteiger partial charge in [-0.3, -0.25) is 14.5 Å². The second kappa shape index (κ2) is 8.98. The zero-order valence-corrected chi connectivity index (χ0v) is 19.3. The predicted octanol–water partition coefficient (Wildman–Crippen LogP) is 5.99. The molecule has 1 saturated heterocycles. The lowest BCUT2D eigenvalue weighted by atomic mass is 9.95. The molecular formula is C24H16Cl3NO5. The molecule has 3 aromatic rings. The number of phenolic OH excluding ortho intramolecular Hbond substituents is 1. The van der Waals surface area contributed by atoms with Crippen molar-refractivity contribution in [3.63, 3.8) is 0 Å². The molecule has 1 amide bonds. The molecule has 9 heteroatoms. The first-order valence-electron chi connectivity index (χ1n) is 9.61. The molecule has 1 aliphatic rings. The zero-order chi connectivity index (χ0) is 23.9. The van der Waals surface area contributed by atoms with E-state index in [9.17, 15) is 19.8 Å². The molecule has 168 valence electrons. The van der Waals surface area contributed by atoms with Crippen molar-refractivity contribution < 1.29 is 24.5 Å². The lowest BCUT2D eigenvalue weighted by Gasteiger charge is -2.26. The maximum Gasteiger partial charge on any atom is 0.300 e. The van der Waals surface area contributed by atoms with Gasteiger partial charge >= 0.3 is 0 Å². The number of halogens is 3. The van der Waals surface area contributed by atoms with Crippen molar-refractivity contribution in [2.24, 2.45) is 0 Å². The molecule has 0 aromatic heterocycles. The molecule has 0 saturated carbocycles. The summed E-state index contributed by atoms with van der Waals surface area (Å²) in [6.45, 7) is 0. The Morgan fingerprint density at radius 1 is 0.939 bits per heavy atom. The average molecular weight is 505 g/mol. The fourth-order valence-electron chi connectivity index (χ4n) is 3.71. The van der Waals surface area contributed by atoms with Crippen molar-refractivity contribution in [1.29, 1.82) is 0 Å². The minimum absolute atomic E-state index is 0.00365. The van der Waals surface area contributed by atoms with Gasteiger partial charge in [-0.1, -0.05) is 46.9 Å². The Morgan fingerprint density at radius 3 is 2.18 bits per heavy atom. The Morgan fingerprint density at radius 2 is 1.58 bits per heavy atom. The summed E-state index contributed by atoms with van der Waals surface area (Å²) in [6.07, 6.45) is 0. The number of carbonyl (C=O) groups excluding carboxylic acids is 2. The molecule has 6 nitrogen and oxygen atoms in total. The van der Waals surface area contributed by atoms with E-state index < -0.39 is 23.5 Å². The first-order valence-corrected chi connectivity index (χ1v) is 10.7. The van der Waals surface area contributed by atoms with Gasteiger partial charge in [0.15, 0.2) is 0 Å². The highest BCUT2D eigenvalue weighted by molar-refractivity contribution is 6.52. The molecule has 1 aliphatic heterocycles. The number of hydrogen-bond donors (Lipinski definition) is 2. The highest BCUT2D eigenvalue weighted by Gasteiger charge is 2.47. The third-order valence-corrected chi connectivity index (χ3v) is 5.95. The normalized spacial score (nSPS) is 17.5. The summed E-state index contributed by atoms with van der Waals surface area (Å²) in [6, 6.07) is 13.9. The summed E-state index contributed by atoms with van der Waals surface area (Å²) in [5.41, 5.74) is 0.847. The molecule has 1 unspecified atom stereocenters. The van der Waals surface area contributed by atoms with Gasteiger partial charge in [-0.05, 0) is 54.1 Å². The highest BCUT2D eigenvalue weighted by Crippen LogP contribution is 2.44. The van der Waals surface area contributed by atoms with Crippen LogP contribution < -0.4 is 9.64 Å². The number of benzene rings is 3. The number of carbonyl (C=O) groups is 2. The SMILES string of the molecule is COc1cc(/C(O)=C2\C(=O)C(=O)N(c3cc(Cl)cc(Cl)c3)C2c2ccc(O)cc2)ccc1Cl. The highest BCUT2D eigenvalue weighted by atomic mass is 35.5. The predicted molar refractivity (Wildman–Crippen MR) is 127 cm³/mol. The summed E-state index contributed by atoms with van der Waals surface area (Å²) in [5, 5.41) is 21.7. The number of ether oxygens (including phenoxy) is 1. The molecule has 0 bridgehead atoms. The van der Waals surface area contributed by atoms with E-state index >= 15 is 0 Å². The lowest BCUT2D eigenvalue weighted by Crippen LogP contribution is -2.29. The van der Waals surface area contributed by atoms with Crippen molar-refractivity contribution in [1.82, 2.24) is 0 Å². The second-order valence-corrected chi connectivity index (χ2v) is 8.52. The number of amides is 1. The Labute approximate surface area is 204 Å². The fourth-order valence-corrected chi connectivity index (χ4v) is 4.42. The van der Waals surface area contributed by atoms with Crippen LogP contribution in [0.4, 0.5) is 5.69 Å². The third kappa shape index (κ3) is 4.25. The van der Waals surface area contributed by atoms with Gasteiger partial charge in [-0.25, -0.2) is 0 Å². The number of rotatable bonds is 4. The molecule has 1 atom stereocenters. The van der Waals surface area contributed by atoms with Gasteiger partial charge in [0.2, 0.25) is 0 Å². The lowest BCUT2D eigenvalue weighted by molar-refractivity contribution is -0.132. The summed E-state index contributed by atoms with van der Waals surface area (Å²) in [4.78, 5) is 27.5. The van der Waals surface area contributed by atoms with E-state index in [1.54, 1.807) is 12.1 Å². The first-order chi connectivity index (χ1) is 15.7. The van der Waals surface area contributed by atoms with Crippen LogP contribution in [-0.4, -0.2) is 29.0 Å². The van der Waals surface area contributed by atoms with E-state index in [4.69, 9.17) is 39.5 Å². The van der Waals surface area contributed by atoms with Gasteiger partial charge in [0, 0.05) is 21.3 Å². The van der Waals surface area contributed by atoms with Crippen LogP contribution in [0.5, 0.6) is 11.5 Å². The van der Waals surface area contributed by atoms with Crippen molar-refractivity contribution in [3.05, 3.63) is 92.4 Å². The van der Waals surface area contributed by atoms with E-state index in [2.05, 4.69) is 0 Å². The zero-order valence-electron chi connectivity index (χ0n) is 17.1. The van der Waals surface area contributed by atoms with Gasteiger partial charge in [0.1, 0.15) is 17.3 Å². The van der Waals surface area contributed by atoms with Crippen LogP contribution in [0.1, 0.15) is 17.2 Å². The Balaban J connectivity index is 1.97. The summed E-state index contributed by atoms with van der Waals surface area (Å²) >= 11 is 18.4. The fraction of sp³-hybridized carbons (Fsp3) is 0.0833. The molecule has 0 spiro atoms. The topological polar surface area (TPSA) is 87.1 Å². The van der Waals surface area contributed by atoms with Crippen molar-refractivity contribution >= 4 is 57.9 Å². The van der Waals surface area contributed by atoms with E-state index in [0.29, 0.717) is 10.6 Å². The number of methoxy groups -OCH3 is 1. The monoisotopic (exact) mass is 503 g/mol. The molecule has 1 heterocycles. The molecule has 33 heavy (non-hydrogen) atoms. The smallest absolute Gasteiger partial charge is 0.300 e. The maximum atomic E-state index is 13.2. The third-order valence-electron chi connectivity index (χ3n) is 5.20. The molecule has 0 radical (unpaired) electrons. The first kappa shape index (κ1) is 23.0. The molecule has 4 rings (SSSR count). The van der Waals surface area contributed by atoms with Crippen LogP contribution >= 0.6 is 34.8 Å². The molecular weight excluding hydrogens is 489 g/mol. The summed E-state index contributed by atoms with van der Waals surface area (Å²) in [5.74, 6) is -1.87. The number of ketones is 1. The second-order valence-electron chi connectivity index (χ2n) is 7.24. The van der Waals surface area contributed by atoms with Crippen LogP contribution in [0.3, 0.4) is 0 Å². The Bertz CT molecular complexity index is 1280. The number of aliphatic hydroxyl groups excluding tert-OH is 1. The summed E-state index contributed by atoms with van der Waals surface area (Å²) in [7, 11) is 1.42. The van der Waals surface area contributed by atoms with Crippen molar-refractivity contribution in [2.45, 2.75) is 6.04 Å². The average Bonchev–Trinajstić information content (AvgIpc) is 3.04. The minimum Gasteiger partial charge on any atom is -0.508 e. The van der Waals surface area contributed by atoms with Crippen LogP contribution in [0.2, 0.25) is 15.1 Å². The number of phenols is 1. The number of anilines is 1. The van der Waals surface area contributed by atoms with Crippen molar-refractivity contribution in [2.75, 3.05) is 12.0 Å². The molecule has 2 N–H and O–H groups in total. The Hall–Kier alpha value is -3.19. The van der Waals surface area contributed by atoms with E-state index in [1.807, 2.05) is 0 Å². The summed E-state index contributed by atoms with van der Waals surface area (Å²) < 4.78 is 5.20. The Kier molecular flexibility index (Phi) is 6.26. The van der Waals surface area contributed by atoms with Crippen LogP contribution in [0, 0.1) is 0 Å². The number of nitrogens with zero attached hydrogens (tertiary/aromatic N) is 1. The largest absolute Gasteiger partial charge is 0.508 e. The number of aliphatic hydroxyl groups is 1. The van der Waals surface area contributed by atoms with Gasteiger partial charge in [-0.15, -0.1) is 0 Å². The van der Waals surface area contributed by atoms with Gasteiger partial charge in [0.25, 0.3) is 11.7 Å². The van der Waals surface area contributed by atoms with Crippen LogP contribution in [0.15, 0.2) is 66.2 Å².